The molecule has 4 nitrogen and oxygen atoms in total. The Labute approximate surface area is 128 Å². The summed E-state index contributed by atoms with van der Waals surface area (Å²) in [7, 11) is 0. The fourth-order valence-corrected chi connectivity index (χ4v) is 1.58. The number of aliphatic hydroxyl groups is 2. The zero-order valence-corrected chi connectivity index (χ0v) is 13.4. The van der Waals surface area contributed by atoms with Crippen molar-refractivity contribution in [3.8, 4) is 11.5 Å². The average molecular weight is 310 g/mol. The van der Waals surface area contributed by atoms with Crippen LogP contribution in [0.4, 0.5) is 0 Å². The van der Waals surface area contributed by atoms with Crippen LogP contribution in [0.2, 0.25) is 0 Å². The van der Waals surface area contributed by atoms with Gasteiger partial charge in [0.2, 0.25) is 0 Å². The number of phenols is 2. The number of benzene rings is 2. The summed E-state index contributed by atoms with van der Waals surface area (Å²) in [5, 5.41) is 34.8. The van der Waals surface area contributed by atoms with Gasteiger partial charge in [0, 0.05) is 13.2 Å². The molecule has 21 heavy (non-hydrogen) atoms. The predicted molar refractivity (Wildman–Crippen MR) is 88.9 cm³/mol. The molecule has 0 saturated heterocycles. The summed E-state index contributed by atoms with van der Waals surface area (Å²) in [5.41, 5.74) is 2.08. The van der Waals surface area contributed by atoms with E-state index in [4.69, 9.17) is 20.4 Å². The molecule has 0 fully saturated rings. The van der Waals surface area contributed by atoms with Gasteiger partial charge in [0.25, 0.3) is 0 Å². The van der Waals surface area contributed by atoms with Crippen molar-refractivity contribution in [1.29, 1.82) is 0 Å². The van der Waals surface area contributed by atoms with Gasteiger partial charge in [-0.05, 0) is 48.2 Å². The highest BCUT2D eigenvalue weighted by atomic mass is 31.0. The SMILES string of the molecule is OCCc1ccc(O)cc1.OCCc1ccc(O)cc1.P. The topological polar surface area (TPSA) is 80.9 Å². The second kappa shape index (κ2) is 11.1. The van der Waals surface area contributed by atoms with Crippen LogP contribution in [0, 0.1) is 0 Å². The van der Waals surface area contributed by atoms with Gasteiger partial charge in [0.15, 0.2) is 0 Å². The smallest absolute Gasteiger partial charge is 0.115 e. The minimum Gasteiger partial charge on any atom is -0.508 e. The van der Waals surface area contributed by atoms with Gasteiger partial charge in [-0.3, -0.25) is 0 Å². The fourth-order valence-electron chi connectivity index (χ4n) is 1.58. The Morgan fingerprint density at radius 1 is 0.571 bits per heavy atom. The zero-order valence-electron chi connectivity index (χ0n) is 11.9. The molecule has 116 valence electrons. The van der Waals surface area contributed by atoms with Gasteiger partial charge in [0.05, 0.1) is 0 Å². The van der Waals surface area contributed by atoms with Crippen molar-refractivity contribution in [2.24, 2.45) is 0 Å². The molecule has 0 aliphatic heterocycles. The van der Waals surface area contributed by atoms with E-state index in [2.05, 4.69) is 0 Å². The van der Waals surface area contributed by atoms with Gasteiger partial charge in [-0.1, -0.05) is 24.3 Å². The van der Waals surface area contributed by atoms with Crippen molar-refractivity contribution in [2.45, 2.75) is 12.8 Å². The highest BCUT2D eigenvalue weighted by Gasteiger charge is 1.90. The van der Waals surface area contributed by atoms with E-state index in [0.717, 1.165) is 11.1 Å². The molecule has 4 N–H and O–H groups in total. The molecule has 0 aliphatic rings. The van der Waals surface area contributed by atoms with Crippen LogP contribution in [-0.2, 0) is 12.8 Å². The van der Waals surface area contributed by atoms with Crippen molar-refractivity contribution in [2.75, 3.05) is 13.2 Å². The first-order chi connectivity index (χ1) is 9.65. The van der Waals surface area contributed by atoms with Crippen LogP contribution in [0.3, 0.4) is 0 Å². The molecule has 0 amide bonds. The van der Waals surface area contributed by atoms with Crippen LogP contribution < -0.4 is 0 Å². The molecular weight excluding hydrogens is 287 g/mol. The summed E-state index contributed by atoms with van der Waals surface area (Å²) in [5.74, 6) is 0.531. The van der Waals surface area contributed by atoms with Crippen molar-refractivity contribution in [1.82, 2.24) is 0 Å². The zero-order chi connectivity index (χ0) is 14.8. The van der Waals surface area contributed by atoms with E-state index >= 15 is 0 Å². The summed E-state index contributed by atoms with van der Waals surface area (Å²) >= 11 is 0. The molecule has 2 rings (SSSR count). The fraction of sp³-hybridized carbons (Fsp3) is 0.250. The Morgan fingerprint density at radius 2 is 0.857 bits per heavy atom. The third kappa shape index (κ3) is 8.30. The minimum absolute atomic E-state index is 0. The van der Waals surface area contributed by atoms with Crippen LogP contribution in [0.15, 0.2) is 48.5 Å². The number of phenolic OH excluding ortho intramolecular Hbond substituents is 2. The van der Waals surface area contributed by atoms with E-state index in [1.54, 1.807) is 48.5 Å². The van der Waals surface area contributed by atoms with E-state index in [1.807, 2.05) is 0 Å². The molecular formula is C16H23O4P. The summed E-state index contributed by atoms with van der Waals surface area (Å²) < 4.78 is 0. The van der Waals surface area contributed by atoms with Gasteiger partial charge >= 0.3 is 0 Å². The summed E-state index contributed by atoms with van der Waals surface area (Å²) in [6.07, 6.45) is 1.31. The van der Waals surface area contributed by atoms with Crippen LogP contribution in [0.1, 0.15) is 11.1 Å². The quantitative estimate of drug-likeness (QED) is 0.650. The van der Waals surface area contributed by atoms with Gasteiger partial charge in [0.1, 0.15) is 11.5 Å². The standard InChI is InChI=1S/2C8H10O2.H3P/c2*9-6-5-7-1-3-8(10)4-2-7;/h2*1-4,9-10H,5-6H2;1H3. The van der Waals surface area contributed by atoms with Gasteiger partial charge in [-0.15, -0.1) is 0 Å². The molecule has 0 aliphatic carbocycles. The first-order valence-electron chi connectivity index (χ1n) is 6.43. The first kappa shape index (κ1) is 19.4. The second-order valence-electron chi connectivity index (χ2n) is 4.28. The number of aliphatic hydroxyl groups excluding tert-OH is 2. The molecule has 5 heteroatoms. The lowest BCUT2D eigenvalue weighted by molar-refractivity contribution is 0.299. The molecule has 2 aromatic carbocycles. The summed E-state index contributed by atoms with van der Waals surface area (Å²) in [6.45, 7) is 0.315. The average Bonchev–Trinajstić information content (AvgIpc) is 2.45. The summed E-state index contributed by atoms with van der Waals surface area (Å²) in [6, 6.07) is 13.7. The highest BCUT2D eigenvalue weighted by molar-refractivity contribution is 6.92. The molecule has 1 unspecified atom stereocenters. The monoisotopic (exact) mass is 310 g/mol. The van der Waals surface area contributed by atoms with Crippen molar-refractivity contribution in [3.05, 3.63) is 59.7 Å². The lowest BCUT2D eigenvalue weighted by Gasteiger charge is -1.96. The third-order valence-electron chi connectivity index (χ3n) is 2.67. The largest absolute Gasteiger partial charge is 0.508 e. The Hall–Kier alpha value is -1.61. The number of rotatable bonds is 4. The molecule has 1 atom stereocenters. The molecule has 0 heterocycles. The maximum atomic E-state index is 8.86. The van der Waals surface area contributed by atoms with E-state index in [-0.39, 0.29) is 34.6 Å². The van der Waals surface area contributed by atoms with E-state index in [1.165, 1.54) is 0 Å². The predicted octanol–water partition coefficient (Wildman–Crippen LogP) is 1.91. The van der Waals surface area contributed by atoms with Gasteiger partial charge < -0.3 is 20.4 Å². The maximum absolute atomic E-state index is 8.86. The highest BCUT2D eigenvalue weighted by Crippen LogP contribution is 2.10. The van der Waals surface area contributed by atoms with Crippen LogP contribution >= 0.6 is 9.90 Å². The van der Waals surface area contributed by atoms with Crippen LogP contribution in [-0.4, -0.2) is 33.6 Å². The van der Waals surface area contributed by atoms with Crippen LogP contribution in [0.25, 0.3) is 0 Å². The maximum Gasteiger partial charge on any atom is 0.115 e. The van der Waals surface area contributed by atoms with Crippen molar-refractivity contribution in [3.63, 3.8) is 0 Å². The lowest BCUT2D eigenvalue weighted by Crippen LogP contribution is -1.88. The molecule has 0 aromatic heterocycles. The Kier molecular flexibility index (Phi) is 10.2. The minimum atomic E-state index is 0. The first-order valence-corrected chi connectivity index (χ1v) is 6.43. The molecule has 0 spiro atoms. The second-order valence-corrected chi connectivity index (χ2v) is 4.28. The number of hydrogen-bond acceptors (Lipinski definition) is 4. The van der Waals surface area contributed by atoms with Crippen molar-refractivity contribution < 1.29 is 20.4 Å². The molecule has 0 bridgehead atoms. The summed E-state index contributed by atoms with van der Waals surface area (Å²) in [4.78, 5) is 0. The molecule has 0 radical (unpaired) electrons. The lowest BCUT2D eigenvalue weighted by atomic mass is 10.2. The van der Waals surface area contributed by atoms with E-state index in [0.29, 0.717) is 12.8 Å². The van der Waals surface area contributed by atoms with Crippen molar-refractivity contribution >= 4 is 9.90 Å². The normalized spacial score (nSPS) is 9.24. The Morgan fingerprint density at radius 3 is 1.10 bits per heavy atom. The van der Waals surface area contributed by atoms with Crippen LogP contribution in [0.5, 0.6) is 11.5 Å². The Bertz CT molecular complexity index is 435. The number of hydrogen-bond donors (Lipinski definition) is 4. The van der Waals surface area contributed by atoms with E-state index in [9.17, 15) is 0 Å². The number of aromatic hydroxyl groups is 2. The third-order valence-corrected chi connectivity index (χ3v) is 2.67. The molecule has 2 aromatic rings. The Balaban J connectivity index is 0.000000364. The van der Waals surface area contributed by atoms with Gasteiger partial charge in [-0.25, -0.2) is 0 Å². The van der Waals surface area contributed by atoms with Gasteiger partial charge in [-0.2, -0.15) is 9.90 Å². The molecule has 0 saturated carbocycles. The van der Waals surface area contributed by atoms with E-state index < -0.39 is 0 Å².